The summed E-state index contributed by atoms with van der Waals surface area (Å²) >= 11 is 0. The van der Waals surface area contributed by atoms with Gasteiger partial charge in [-0.1, -0.05) is 0 Å². The van der Waals surface area contributed by atoms with E-state index in [2.05, 4.69) is 51.4 Å². The Balaban J connectivity index is 2.13. The molecule has 0 aliphatic heterocycles. The van der Waals surface area contributed by atoms with Crippen LogP contribution in [0.5, 0.6) is 0 Å². The van der Waals surface area contributed by atoms with Gasteiger partial charge in [-0.05, 0) is 55.7 Å². The Kier molecular flexibility index (Phi) is 6.19. The van der Waals surface area contributed by atoms with Crippen LogP contribution in [0.4, 0.5) is 4.39 Å². The van der Waals surface area contributed by atoms with E-state index in [1.54, 1.807) is 0 Å². The van der Waals surface area contributed by atoms with E-state index in [0.29, 0.717) is 6.42 Å². The van der Waals surface area contributed by atoms with Crippen LogP contribution in [-0.2, 0) is 0 Å². The maximum absolute atomic E-state index is 12.6. The number of alkyl halides is 1. The summed E-state index contributed by atoms with van der Waals surface area (Å²) in [6.07, 6.45) is 14.7. The Bertz CT molecular complexity index is 657. The maximum atomic E-state index is 12.6. The molecule has 3 rings (SSSR count). The smallest absolute Gasteiger partial charge is 0.112 e. The summed E-state index contributed by atoms with van der Waals surface area (Å²) in [6.45, 7) is -0.245. The topological polar surface area (TPSA) is 38.7 Å². The summed E-state index contributed by atoms with van der Waals surface area (Å²) in [5.41, 5.74) is 0. The molecule has 0 radical (unpaired) electrons. The third kappa shape index (κ3) is 3.91. The van der Waals surface area contributed by atoms with E-state index >= 15 is 0 Å². The van der Waals surface area contributed by atoms with Gasteiger partial charge < -0.3 is 0 Å². The summed E-state index contributed by atoms with van der Waals surface area (Å²) in [6, 6.07) is 12.7. The Hall–Kier alpha value is -2.19. The Labute approximate surface area is 148 Å². The summed E-state index contributed by atoms with van der Waals surface area (Å²) in [4.78, 5) is 12.6. The number of halogens is 1. The molecule has 0 N–H and O–H groups in total. The predicted molar refractivity (Wildman–Crippen MR) is 103 cm³/mol. The van der Waals surface area contributed by atoms with Crippen molar-refractivity contribution < 1.29 is 4.39 Å². The lowest BCUT2D eigenvalue weighted by molar-refractivity contribution is 0.460. The van der Waals surface area contributed by atoms with Gasteiger partial charge in [0.1, 0.15) is 23.2 Å². The predicted octanol–water partition coefficient (Wildman–Crippen LogP) is 3.31. The molecule has 0 aromatic carbocycles. The molecule has 0 atom stereocenters. The number of hydrogen-bond donors (Lipinski definition) is 0. The van der Waals surface area contributed by atoms with Gasteiger partial charge in [-0.2, -0.15) is 0 Å². The van der Waals surface area contributed by atoms with Crippen molar-refractivity contribution in [2.24, 2.45) is 0 Å². The van der Waals surface area contributed by atoms with Crippen LogP contribution < -0.4 is 15.9 Å². The zero-order valence-electron chi connectivity index (χ0n) is 14.1. The molecular formula is C20H22FN3P+. The average molecular weight is 353 g/mol. The minimum Gasteiger partial charge on any atom is -0.264 e. The fraction of sp³-hybridized carbons (Fsp3) is 0.250. The highest BCUT2D eigenvalue weighted by molar-refractivity contribution is 7.95. The Morgan fingerprint density at radius 1 is 0.600 bits per heavy atom. The minimum atomic E-state index is -1.84. The first-order valence-electron chi connectivity index (χ1n) is 8.54. The third-order valence-corrected chi connectivity index (χ3v) is 8.96. The zero-order valence-corrected chi connectivity index (χ0v) is 15.0. The van der Waals surface area contributed by atoms with Crippen molar-refractivity contribution in [2.45, 2.75) is 19.3 Å². The fourth-order valence-electron chi connectivity index (χ4n) is 3.25. The lowest BCUT2D eigenvalue weighted by atomic mass is 10.3. The molecule has 0 fully saturated rings. The van der Waals surface area contributed by atoms with E-state index in [4.69, 9.17) is 0 Å². The van der Waals surface area contributed by atoms with Crippen molar-refractivity contribution in [3.8, 4) is 0 Å². The van der Waals surface area contributed by atoms with Gasteiger partial charge in [0.15, 0.2) is 0 Å². The lowest BCUT2D eigenvalue weighted by Gasteiger charge is -2.27. The van der Waals surface area contributed by atoms with E-state index in [0.717, 1.165) is 19.0 Å². The molecule has 0 unspecified atom stereocenters. The van der Waals surface area contributed by atoms with Gasteiger partial charge in [0.25, 0.3) is 0 Å². The van der Waals surface area contributed by atoms with E-state index in [-0.39, 0.29) is 6.67 Å². The van der Waals surface area contributed by atoms with Gasteiger partial charge in [-0.25, -0.2) is 0 Å². The second-order valence-electron chi connectivity index (χ2n) is 5.90. The van der Waals surface area contributed by atoms with E-state index in [1.807, 2.05) is 37.2 Å². The Morgan fingerprint density at radius 2 is 1.00 bits per heavy atom. The number of aromatic nitrogens is 3. The van der Waals surface area contributed by atoms with Crippen LogP contribution in [-0.4, -0.2) is 27.8 Å². The summed E-state index contributed by atoms with van der Waals surface area (Å²) < 4.78 is 12.6. The molecule has 0 saturated heterocycles. The molecule has 128 valence electrons. The number of pyridine rings is 3. The van der Waals surface area contributed by atoms with E-state index in [1.165, 1.54) is 15.9 Å². The van der Waals surface area contributed by atoms with Gasteiger partial charge >= 0.3 is 0 Å². The first kappa shape index (κ1) is 17.6. The summed E-state index contributed by atoms with van der Waals surface area (Å²) in [7, 11) is -1.84. The molecule has 3 aromatic heterocycles. The monoisotopic (exact) mass is 353 g/mol. The molecule has 3 nitrogen and oxygen atoms in total. The molecule has 5 heteroatoms. The van der Waals surface area contributed by atoms with E-state index < -0.39 is 7.26 Å². The van der Waals surface area contributed by atoms with Gasteiger partial charge in [-0.3, -0.25) is 19.3 Å². The fourth-order valence-corrected chi connectivity index (χ4v) is 7.54. The molecule has 0 aliphatic carbocycles. The van der Waals surface area contributed by atoms with Crippen LogP contribution in [0.2, 0.25) is 0 Å². The second kappa shape index (κ2) is 8.77. The van der Waals surface area contributed by atoms with Crippen molar-refractivity contribution in [3.63, 3.8) is 0 Å². The lowest BCUT2D eigenvalue weighted by Crippen LogP contribution is -2.33. The van der Waals surface area contributed by atoms with Crippen molar-refractivity contribution in [1.82, 2.24) is 15.0 Å². The third-order valence-electron chi connectivity index (χ3n) is 4.44. The molecule has 0 amide bonds. The number of hydrogen-bond acceptors (Lipinski definition) is 3. The van der Waals surface area contributed by atoms with Gasteiger partial charge in [0.2, 0.25) is 0 Å². The highest BCUT2D eigenvalue weighted by Crippen LogP contribution is 2.55. The van der Waals surface area contributed by atoms with Crippen LogP contribution >= 0.6 is 7.26 Å². The van der Waals surface area contributed by atoms with Crippen LogP contribution in [0.15, 0.2) is 73.6 Å². The van der Waals surface area contributed by atoms with Crippen LogP contribution in [0, 0.1) is 0 Å². The molecule has 0 spiro atoms. The van der Waals surface area contributed by atoms with Gasteiger partial charge in [-0.15, -0.1) is 0 Å². The van der Waals surface area contributed by atoms with Gasteiger partial charge in [0.05, 0.1) is 12.8 Å². The van der Waals surface area contributed by atoms with E-state index in [9.17, 15) is 4.39 Å². The number of unbranched alkanes of at least 4 members (excludes halogenated alkanes) is 2. The van der Waals surface area contributed by atoms with Crippen LogP contribution in [0.1, 0.15) is 19.3 Å². The quantitative estimate of drug-likeness (QED) is 0.461. The highest BCUT2D eigenvalue weighted by atomic mass is 31.2. The van der Waals surface area contributed by atoms with Crippen LogP contribution in [0.3, 0.4) is 0 Å². The zero-order chi connectivity index (χ0) is 17.4. The molecule has 0 aliphatic rings. The van der Waals surface area contributed by atoms with Crippen molar-refractivity contribution in [2.75, 3.05) is 12.8 Å². The second-order valence-corrected chi connectivity index (χ2v) is 9.52. The molecular weight excluding hydrogens is 331 g/mol. The Morgan fingerprint density at radius 3 is 1.36 bits per heavy atom. The summed E-state index contributed by atoms with van der Waals surface area (Å²) in [5, 5.41) is 3.88. The normalized spacial score (nSPS) is 11.4. The first-order valence-corrected chi connectivity index (χ1v) is 10.5. The highest BCUT2D eigenvalue weighted by Gasteiger charge is 2.44. The average Bonchev–Trinajstić information content (AvgIpc) is 2.70. The van der Waals surface area contributed by atoms with Crippen molar-refractivity contribution in [1.29, 1.82) is 0 Å². The minimum absolute atomic E-state index is 0.245. The van der Waals surface area contributed by atoms with Crippen molar-refractivity contribution >= 4 is 23.2 Å². The molecule has 0 bridgehead atoms. The van der Waals surface area contributed by atoms with Crippen molar-refractivity contribution in [3.05, 3.63) is 73.6 Å². The largest absolute Gasteiger partial charge is 0.264 e. The summed E-state index contributed by atoms with van der Waals surface area (Å²) in [5.74, 6) is 0. The van der Waals surface area contributed by atoms with Gasteiger partial charge in [0, 0.05) is 37.2 Å². The molecule has 25 heavy (non-hydrogen) atoms. The first-order chi connectivity index (χ1) is 12.4. The van der Waals surface area contributed by atoms with Crippen LogP contribution in [0.25, 0.3) is 0 Å². The molecule has 3 heterocycles. The standard InChI is InChI=1S/C20H22FN3P/c21-10-2-1-3-17-25(18-4-11-22-12-5-18,19-6-13-23-14-7-19)20-8-15-24-16-9-20/h4-9,11-16H,1-3,10,17H2/q+1/i21-1. The molecule has 3 aromatic rings. The SMILES string of the molecule is [18F]CCCCC[P+](c1ccncc1)(c1ccncc1)c1ccncc1. The number of rotatable bonds is 8. The number of nitrogens with zero attached hydrogens (tertiary/aromatic N) is 3. The maximum Gasteiger partial charge on any atom is 0.112 e. The molecule has 0 saturated carbocycles.